The molecule has 0 aliphatic carbocycles. The van der Waals surface area contributed by atoms with E-state index in [0.717, 1.165) is 11.7 Å². The van der Waals surface area contributed by atoms with Gasteiger partial charge in [-0.05, 0) is 29.9 Å². The van der Waals surface area contributed by atoms with Crippen molar-refractivity contribution in [3.63, 3.8) is 0 Å². The lowest BCUT2D eigenvalue weighted by Gasteiger charge is -2.15. The molecule has 0 spiro atoms. The summed E-state index contributed by atoms with van der Waals surface area (Å²) in [7, 11) is 1.30. The summed E-state index contributed by atoms with van der Waals surface area (Å²) in [5.41, 5.74) is -2.10. The van der Waals surface area contributed by atoms with Crippen molar-refractivity contribution in [2.24, 2.45) is 4.99 Å². The second-order valence-electron chi connectivity index (χ2n) is 6.45. The van der Waals surface area contributed by atoms with Gasteiger partial charge in [-0.3, -0.25) is 10.0 Å². The van der Waals surface area contributed by atoms with Crippen LogP contribution in [0.1, 0.15) is 27.2 Å². The Morgan fingerprint density at radius 1 is 1.31 bits per heavy atom. The van der Waals surface area contributed by atoms with Crippen molar-refractivity contribution in [1.29, 1.82) is 5.26 Å². The Kier molecular flexibility index (Phi) is 6.20. The number of allylic oxidation sites excluding steroid dienone is 1. The number of nitriles is 1. The highest BCUT2D eigenvalue weighted by atomic mass is 19.4. The summed E-state index contributed by atoms with van der Waals surface area (Å²) in [5, 5.41) is 25.2. The number of nitrogens with zero attached hydrogens (tertiary/aromatic N) is 5. The molecule has 0 bridgehead atoms. The Balaban J connectivity index is 2.11. The molecule has 12 heteroatoms. The van der Waals surface area contributed by atoms with Gasteiger partial charge in [0.15, 0.2) is 17.2 Å². The molecule has 0 atom stereocenters. The number of amides is 1. The number of rotatable bonds is 4. The Morgan fingerprint density at radius 2 is 2.06 bits per heavy atom. The van der Waals surface area contributed by atoms with E-state index in [-0.39, 0.29) is 29.3 Å². The predicted molar refractivity (Wildman–Crippen MR) is 103 cm³/mol. The summed E-state index contributed by atoms with van der Waals surface area (Å²) in [4.78, 5) is 16.7. The van der Waals surface area contributed by atoms with Gasteiger partial charge in [-0.1, -0.05) is 0 Å². The largest absolute Gasteiger partial charge is 0.493 e. The average molecular weight is 446 g/mol. The summed E-state index contributed by atoms with van der Waals surface area (Å²) in [6.45, 7) is 0.905. The van der Waals surface area contributed by atoms with E-state index in [0.29, 0.717) is 0 Å². The molecule has 0 saturated carbocycles. The number of aromatic nitrogens is 2. The third kappa shape index (κ3) is 4.72. The number of halogens is 3. The Labute approximate surface area is 179 Å². The third-order valence-electron chi connectivity index (χ3n) is 4.28. The normalized spacial score (nSPS) is 14.6. The Hall–Kier alpha value is -4.27. The predicted octanol–water partition coefficient (Wildman–Crippen LogP) is 3.10. The van der Waals surface area contributed by atoms with Crippen molar-refractivity contribution in [1.82, 2.24) is 10.2 Å². The highest BCUT2D eigenvalue weighted by Gasteiger charge is 2.38. The molecule has 1 aliphatic heterocycles. The average Bonchev–Trinajstić information content (AvgIpc) is 2.73. The highest BCUT2D eigenvalue weighted by molar-refractivity contribution is 6.11. The fraction of sp³-hybridized carbons (Fsp3) is 0.200. The van der Waals surface area contributed by atoms with Crippen LogP contribution >= 0.6 is 0 Å². The summed E-state index contributed by atoms with van der Waals surface area (Å²) in [5.74, 6) is -1.51. The number of carbonyl (C=O) groups is 1. The van der Waals surface area contributed by atoms with E-state index in [9.17, 15) is 23.2 Å². The van der Waals surface area contributed by atoms with Crippen LogP contribution in [0.3, 0.4) is 0 Å². The molecule has 3 rings (SSSR count). The minimum absolute atomic E-state index is 0.00430. The van der Waals surface area contributed by atoms with E-state index in [2.05, 4.69) is 15.2 Å². The van der Waals surface area contributed by atoms with Gasteiger partial charge in [0.1, 0.15) is 11.3 Å². The Bertz CT molecular complexity index is 1210. The van der Waals surface area contributed by atoms with Crippen LogP contribution < -0.4 is 9.47 Å². The number of aliphatic imine (C=N–C) groups is 1. The van der Waals surface area contributed by atoms with Crippen LogP contribution in [0.5, 0.6) is 17.4 Å². The lowest BCUT2D eigenvalue weighted by atomic mass is 10.1. The smallest absolute Gasteiger partial charge is 0.435 e. The molecule has 9 nitrogen and oxygen atoms in total. The van der Waals surface area contributed by atoms with Gasteiger partial charge in [-0.15, -0.1) is 10.2 Å². The number of methoxy groups -OCH3 is 1. The van der Waals surface area contributed by atoms with Crippen LogP contribution in [0.25, 0.3) is 0 Å². The molecular formula is C20H15F3N5O4+. The second-order valence-corrected chi connectivity index (χ2v) is 6.45. The number of alkyl halides is 3. The van der Waals surface area contributed by atoms with Gasteiger partial charge < -0.3 is 9.47 Å². The van der Waals surface area contributed by atoms with E-state index in [1.165, 1.54) is 43.7 Å². The molecule has 0 saturated heterocycles. The molecule has 1 aliphatic rings. The number of hydrogen-bond donors (Lipinski definition) is 1. The molecule has 32 heavy (non-hydrogen) atoms. The molecule has 2 heterocycles. The first-order chi connectivity index (χ1) is 15.1. The van der Waals surface area contributed by atoms with E-state index in [4.69, 9.17) is 14.7 Å². The van der Waals surface area contributed by atoms with Crippen molar-refractivity contribution < 1.29 is 37.4 Å². The SMILES string of the molecule is COc1cc(C#N)ccc1Oc1nnc(C(F)(F)F)c(C)c1C(=O)N=C1C=CC=[N+](O)C1. The van der Waals surface area contributed by atoms with E-state index >= 15 is 0 Å². The summed E-state index contributed by atoms with van der Waals surface area (Å²) in [6.07, 6.45) is -0.724. The fourth-order valence-corrected chi connectivity index (χ4v) is 2.80. The molecule has 2 aromatic rings. The molecular weight excluding hydrogens is 431 g/mol. The Morgan fingerprint density at radius 3 is 2.69 bits per heavy atom. The molecule has 0 unspecified atom stereocenters. The molecule has 0 fully saturated rings. The maximum atomic E-state index is 13.4. The first kappa shape index (κ1) is 22.4. The number of benzene rings is 1. The molecule has 164 valence electrons. The lowest BCUT2D eigenvalue weighted by Crippen LogP contribution is -2.22. The van der Waals surface area contributed by atoms with E-state index < -0.39 is 34.8 Å². The minimum atomic E-state index is -4.87. The van der Waals surface area contributed by atoms with Gasteiger partial charge in [0.2, 0.25) is 12.8 Å². The summed E-state index contributed by atoms with van der Waals surface area (Å²) in [6, 6.07) is 5.99. The summed E-state index contributed by atoms with van der Waals surface area (Å²) >= 11 is 0. The van der Waals surface area contributed by atoms with E-state index in [1.54, 1.807) is 0 Å². The van der Waals surface area contributed by atoms with Crippen LogP contribution in [0, 0.1) is 18.3 Å². The number of hydroxylamine groups is 1. The zero-order chi connectivity index (χ0) is 23.5. The quantitative estimate of drug-likeness (QED) is 0.566. The number of carbonyl (C=O) groups excluding carboxylic acids is 1. The van der Waals surface area contributed by atoms with Crippen molar-refractivity contribution in [3.05, 3.63) is 52.7 Å². The number of ether oxygens (including phenoxy) is 2. The van der Waals surface area contributed by atoms with Gasteiger partial charge in [0, 0.05) is 17.7 Å². The maximum Gasteiger partial charge on any atom is 0.435 e. The van der Waals surface area contributed by atoms with Crippen molar-refractivity contribution in [3.8, 4) is 23.4 Å². The van der Waals surface area contributed by atoms with Gasteiger partial charge in [0.05, 0.1) is 18.7 Å². The van der Waals surface area contributed by atoms with Gasteiger partial charge in [0.25, 0.3) is 11.8 Å². The lowest BCUT2D eigenvalue weighted by molar-refractivity contribution is -0.761. The zero-order valence-corrected chi connectivity index (χ0v) is 16.7. The summed E-state index contributed by atoms with van der Waals surface area (Å²) < 4.78 is 51.6. The molecule has 1 N–H and O–H groups in total. The molecule has 0 radical (unpaired) electrons. The second kappa shape index (κ2) is 8.84. The van der Waals surface area contributed by atoms with Crippen LogP contribution in [0.2, 0.25) is 0 Å². The molecule has 1 amide bonds. The number of hydrogen-bond acceptors (Lipinski definition) is 7. The van der Waals surface area contributed by atoms with Crippen LogP contribution in [0.15, 0.2) is 35.3 Å². The van der Waals surface area contributed by atoms with Gasteiger partial charge >= 0.3 is 6.18 Å². The maximum absolute atomic E-state index is 13.4. The first-order valence-electron chi connectivity index (χ1n) is 8.93. The van der Waals surface area contributed by atoms with Crippen molar-refractivity contribution in [2.75, 3.05) is 13.7 Å². The topological polar surface area (TPSA) is 121 Å². The van der Waals surface area contributed by atoms with Crippen molar-refractivity contribution >= 4 is 17.8 Å². The molecule has 1 aromatic carbocycles. The zero-order valence-electron chi connectivity index (χ0n) is 16.7. The van der Waals surface area contributed by atoms with Crippen LogP contribution in [-0.4, -0.2) is 51.6 Å². The van der Waals surface area contributed by atoms with E-state index in [1.807, 2.05) is 6.07 Å². The minimum Gasteiger partial charge on any atom is -0.493 e. The van der Waals surface area contributed by atoms with Crippen LogP contribution in [-0.2, 0) is 6.18 Å². The first-order valence-corrected chi connectivity index (χ1v) is 8.93. The molecule has 1 aromatic heterocycles. The van der Waals surface area contributed by atoms with Gasteiger partial charge in [-0.2, -0.15) is 18.4 Å². The monoisotopic (exact) mass is 446 g/mol. The standard InChI is InChI=1S/C20H15F3N5O4/c1-11-16(18(29)25-13-4-3-7-28(30)10-13)19(27-26-17(11)20(21,22)23)32-14-6-5-12(9-24)8-15(14)31-2/h3-8,30H,10H2,1-2H3/q+1. The van der Waals surface area contributed by atoms with Gasteiger partial charge in [-0.25, -0.2) is 4.99 Å². The van der Waals surface area contributed by atoms with Crippen molar-refractivity contribution in [2.45, 2.75) is 13.1 Å². The highest BCUT2D eigenvalue weighted by Crippen LogP contribution is 2.37. The fourth-order valence-electron chi connectivity index (χ4n) is 2.80. The van der Waals surface area contributed by atoms with Crippen LogP contribution in [0.4, 0.5) is 13.2 Å². The third-order valence-corrected chi connectivity index (χ3v) is 4.28.